The van der Waals surface area contributed by atoms with Gasteiger partial charge in [-0.1, -0.05) is 0 Å². The molecule has 8 heteroatoms. The van der Waals surface area contributed by atoms with E-state index in [4.69, 9.17) is 18.3 Å². The van der Waals surface area contributed by atoms with E-state index < -0.39 is 17.7 Å². The molecule has 1 N–H and O–H groups in total. The summed E-state index contributed by atoms with van der Waals surface area (Å²) in [7, 11) is 0. The summed E-state index contributed by atoms with van der Waals surface area (Å²) in [6.07, 6.45) is 1.49. The molecule has 1 amide bonds. The molecule has 1 saturated heterocycles. The first-order valence-corrected chi connectivity index (χ1v) is 9.30. The van der Waals surface area contributed by atoms with Crippen LogP contribution in [-0.2, 0) is 16.1 Å². The number of Topliss-reactive ketones (excluding diaryl/α,β-unsaturated/α-hetero) is 1. The molecule has 1 aromatic carbocycles. The van der Waals surface area contributed by atoms with Crippen LogP contribution in [0.1, 0.15) is 28.9 Å². The van der Waals surface area contributed by atoms with E-state index in [1.807, 2.05) is 0 Å². The van der Waals surface area contributed by atoms with Crippen LogP contribution in [0.4, 0.5) is 0 Å². The molecule has 1 fully saturated rings. The Bertz CT molecular complexity index is 1170. The molecule has 0 aliphatic carbocycles. The highest BCUT2D eigenvalue weighted by molar-refractivity contribution is 6.46. The number of amides is 1. The van der Waals surface area contributed by atoms with E-state index >= 15 is 0 Å². The molecular formula is C22H17NO7. The number of ketones is 1. The molecule has 1 unspecified atom stereocenters. The van der Waals surface area contributed by atoms with Gasteiger partial charge in [-0.2, -0.15) is 0 Å². The number of carbonyl (C=O) groups is 2. The summed E-state index contributed by atoms with van der Waals surface area (Å²) in [5, 5.41) is 11.0. The molecule has 2 aromatic heterocycles. The van der Waals surface area contributed by atoms with Crippen LogP contribution < -0.4 is 9.47 Å². The SMILES string of the molecule is Cc1ccc(C2/C(=C(/O)c3ccc4c(c3)OCO4)C(=O)C(=O)N2Cc2ccco2)o1. The third-order valence-electron chi connectivity index (χ3n) is 5.12. The summed E-state index contributed by atoms with van der Waals surface area (Å²) in [5.41, 5.74) is 0.281. The van der Waals surface area contributed by atoms with Crippen LogP contribution in [0, 0.1) is 6.92 Å². The molecule has 8 nitrogen and oxygen atoms in total. The summed E-state index contributed by atoms with van der Waals surface area (Å²) >= 11 is 0. The minimum atomic E-state index is -0.894. The molecule has 0 bridgehead atoms. The Kier molecular flexibility index (Phi) is 4.13. The number of aliphatic hydroxyl groups is 1. The molecule has 30 heavy (non-hydrogen) atoms. The number of nitrogens with zero attached hydrogens (tertiary/aromatic N) is 1. The predicted octanol–water partition coefficient (Wildman–Crippen LogP) is 3.53. The van der Waals surface area contributed by atoms with E-state index in [9.17, 15) is 14.7 Å². The van der Waals surface area contributed by atoms with Crippen molar-refractivity contribution in [3.05, 3.63) is 77.1 Å². The standard InChI is InChI=1S/C22H17NO7/c1-12-4-6-16(30-12)19-18(20(24)13-5-7-15-17(9-13)29-11-28-15)21(25)22(26)23(19)10-14-3-2-8-27-14/h2-9,19,24H,10-11H2,1H3/b20-18-. The first-order chi connectivity index (χ1) is 14.5. The lowest BCUT2D eigenvalue weighted by Crippen LogP contribution is -2.28. The third-order valence-corrected chi connectivity index (χ3v) is 5.12. The van der Waals surface area contributed by atoms with Crippen LogP contribution in [0.25, 0.3) is 5.76 Å². The van der Waals surface area contributed by atoms with Gasteiger partial charge in [-0.3, -0.25) is 9.59 Å². The van der Waals surface area contributed by atoms with Crippen molar-refractivity contribution in [3.63, 3.8) is 0 Å². The smallest absolute Gasteiger partial charge is 0.296 e. The van der Waals surface area contributed by atoms with E-state index in [2.05, 4.69) is 0 Å². The monoisotopic (exact) mass is 407 g/mol. The zero-order valence-electron chi connectivity index (χ0n) is 16.0. The van der Waals surface area contributed by atoms with Gasteiger partial charge < -0.3 is 28.3 Å². The maximum atomic E-state index is 12.9. The number of rotatable bonds is 4. The maximum Gasteiger partial charge on any atom is 0.296 e. The summed E-state index contributed by atoms with van der Waals surface area (Å²) in [6, 6.07) is 10.8. The number of hydrogen-bond acceptors (Lipinski definition) is 7. The fourth-order valence-corrected chi connectivity index (χ4v) is 3.71. The molecular weight excluding hydrogens is 390 g/mol. The number of hydrogen-bond donors (Lipinski definition) is 1. The summed E-state index contributed by atoms with van der Waals surface area (Å²) in [6.45, 7) is 1.90. The largest absolute Gasteiger partial charge is 0.507 e. The average Bonchev–Trinajstić information content (AvgIpc) is 3.52. The van der Waals surface area contributed by atoms with Crippen LogP contribution >= 0.6 is 0 Å². The highest BCUT2D eigenvalue weighted by Gasteiger charge is 2.48. The fourth-order valence-electron chi connectivity index (χ4n) is 3.71. The van der Waals surface area contributed by atoms with E-state index in [1.54, 1.807) is 49.4 Å². The van der Waals surface area contributed by atoms with Crippen LogP contribution in [0.3, 0.4) is 0 Å². The van der Waals surface area contributed by atoms with Gasteiger partial charge in [0.2, 0.25) is 6.79 Å². The number of carbonyl (C=O) groups excluding carboxylic acids is 2. The van der Waals surface area contributed by atoms with E-state index in [0.717, 1.165) is 0 Å². The highest BCUT2D eigenvalue weighted by atomic mass is 16.7. The Morgan fingerprint density at radius 1 is 1.13 bits per heavy atom. The molecule has 3 aromatic rings. The predicted molar refractivity (Wildman–Crippen MR) is 103 cm³/mol. The number of benzene rings is 1. The molecule has 5 rings (SSSR count). The second-order valence-electron chi connectivity index (χ2n) is 7.02. The fraction of sp³-hybridized carbons (Fsp3) is 0.182. The lowest BCUT2D eigenvalue weighted by molar-refractivity contribution is -0.140. The van der Waals surface area contributed by atoms with Gasteiger partial charge >= 0.3 is 0 Å². The second kappa shape index (κ2) is 6.84. The highest BCUT2D eigenvalue weighted by Crippen LogP contribution is 2.42. The van der Waals surface area contributed by atoms with Crippen molar-refractivity contribution in [2.24, 2.45) is 0 Å². The molecule has 2 aliphatic heterocycles. The molecule has 4 heterocycles. The number of furan rings is 2. The lowest BCUT2D eigenvalue weighted by atomic mass is 9.99. The van der Waals surface area contributed by atoms with Gasteiger partial charge in [-0.05, 0) is 49.4 Å². The number of fused-ring (bicyclic) bond motifs is 1. The zero-order valence-corrected chi connectivity index (χ0v) is 16.0. The van der Waals surface area contributed by atoms with Crippen molar-refractivity contribution in [1.82, 2.24) is 4.90 Å². The van der Waals surface area contributed by atoms with Gasteiger partial charge in [0.1, 0.15) is 29.1 Å². The second-order valence-corrected chi connectivity index (χ2v) is 7.02. The van der Waals surface area contributed by atoms with Gasteiger partial charge in [0, 0.05) is 5.56 Å². The van der Waals surface area contributed by atoms with Crippen LogP contribution in [-0.4, -0.2) is 28.5 Å². The van der Waals surface area contributed by atoms with Gasteiger partial charge in [0.05, 0.1) is 18.4 Å². The lowest BCUT2D eigenvalue weighted by Gasteiger charge is -2.22. The Balaban J connectivity index is 1.63. The summed E-state index contributed by atoms with van der Waals surface area (Å²) in [5.74, 6) is 0.652. The first kappa shape index (κ1) is 18.1. The minimum absolute atomic E-state index is 0.0555. The van der Waals surface area contributed by atoms with Gasteiger partial charge in [0.15, 0.2) is 11.5 Å². The number of aryl methyl sites for hydroxylation is 1. The first-order valence-electron chi connectivity index (χ1n) is 9.30. The molecule has 2 aliphatic rings. The molecule has 0 saturated carbocycles. The minimum Gasteiger partial charge on any atom is -0.507 e. The van der Waals surface area contributed by atoms with Crippen molar-refractivity contribution < 1.29 is 33.0 Å². The molecule has 0 radical (unpaired) electrons. The van der Waals surface area contributed by atoms with Gasteiger partial charge in [-0.25, -0.2) is 0 Å². The van der Waals surface area contributed by atoms with Crippen LogP contribution in [0.2, 0.25) is 0 Å². The van der Waals surface area contributed by atoms with Crippen LogP contribution in [0.5, 0.6) is 11.5 Å². The average molecular weight is 407 g/mol. The Labute approximate surface area is 170 Å². The van der Waals surface area contributed by atoms with Crippen molar-refractivity contribution in [1.29, 1.82) is 0 Å². The quantitative estimate of drug-likeness (QED) is 0.401. The maximum absolute atomic E-state index is 12.9. The van der Waals surface area contributed by atoms with Gasteiger partial charge in [0.25, 0.3) is 11.7 Å². The molecule has 152 valence electrons. The Morgan fingerprint density at radius 3 is 2.70 bits per heavy atom. The third kappa shape index (κ3) is 2.85. The number of ether oxygens (including phenoxy) is 2. The Morgan fingerprint density at radius 2 is 1.97 bits per heavy atom. The Hall–Kier alpha value is -3.94. The topological polar surface area (TPSA) is 102 Å². The molecule has 0 spiro atoms. The van der Waals surface area contributed by atoms with Crippen molar-refractivity contribution >= 4 is 17.4 Å². The number of aliphatic hydroxyl groups excluding tert-OH is 1. The van der Waals surface area contributed by atoms with Crippen molar-refractivity contribution in [3.8, 4) is 11.5 Å². The molecule has 1 atom stereocenters. The van der Waals surface area contributed by atoms with E-state index in [0.29, 0.717) is 34.3 Å². The van der Waals surface area contributed by atoms with E-state index in [1.165, 1.54) is 11.2 Å². The van der Waals surface area contributed by atoms with E-state index in [-0.39, 0.29) is 24.7 Å². The van der Waals surface area contributed by atoms with Crippen molar-refractivity contribution in [2.75, 3.05) is 6.79 Å². The zero-order chi connectivity index (χ0) is 20.8. The normalized spacial score (nSPS) is 19.6. The summed E-state index contributed by atoms with van der Waals surface area (Å²) < 4.78 is 21.7. The van der Waals surface area contributed by atoms with Gasteiger partial charge in [-0.15, -0.1) is 0 Å². The number of likely N-dealkylation sites (tertiary alicyclic amines) is 1. The van der Waals surface area contributed by atoms with Crippen molar-refractivity contribution in [2.45, 2.75) is 19.5 Å². The van der Waals surface area contributed by atoms with Crippen LogP contribution in [0.15, 0.2) is 63.1 Å². The summed E-state index contributed by atoms with van der Waals surface area (Å²) in [4.78, 5) is 27.1.